The molecule has 254 valence electrons. The Kier molecular flexibility index (Phi) is 10.5. The van der Waals surface area contributed by atoms with E-state index in [-0.39, 0.29) is 11.1 Å². The molecule has 4 aromatic carbocycles. The highest BCUT2D eigenvalue weighted by atomic mass is 16.7. The molecule has 2 unspecified atom stereocenters. The Morgan fingerprint density at radius 2 is 1.00 bits per heavy atom. The van der Waals surface area contributed by atoms with Crippen LogP contribution in [-0.4, -0.2) is 37.7 Å². The molecule has 49 heavy (non-hydrogen) atoms. The van der Waals surface area contributed by atoms with Gasteiger partial charge in [-0.1, -0.05) is 73.8 Å². The van der Waals surface area contributed by atoms with Crippen LogP contribution in [-0.2, 0) is 24.5 Å². The summed E-state index contributed by atoms with van der Waals surface area (Å²) in [6, 6.07) is 27.7. The van der Waals surface area contributed by atoms with E-state index in [1.54, 1.807) is 27.7 Å². The van der Waals surface area contributed by atoms with Gasteiger partial charge in [0.25, 0.3) is 0 Å². The molecule has 0 fully saturated rings. The van der Waals surface area contributed by atoms with Crippen molar-refractivity contribution < 1.29 is 38.0 Å². The Morgan fingerprint density at radius 3 is 1.37 bits per heavy atom. The van der Waals surface area contributed by atoms with Gasteiger partial charge in [-0.15, -0.1) is 0 Å². The lowest BCUT2D eigenvalue weighted by atomic mass is 9.67. The van der Waals surface area contributed by atoms with Gasteiger partial charge in [-0.3, -0.25) is 0 Å². The average molecular weight is 663 g/mol. The fourth-order valence-electron chi connectivity index (χ4n) is 6.20. The van der Waals surface area contributed by atoms with Crippen molar-refractivity contribution in [3.05, 3.63) is 131 Å². The van der Waals surface area contributed by atoms with Gasteiger partial charge >= 0.3 is 11.9 Å². The fraction of sp³-hybridized carbons (Fsp3) is 0.268. The molecular formula is C41H42O8. The molecule has 0 saturated heterocycles. The van der Waals surface area contributed by atoms with Crippen LogP contribution in [0.4, 0.5) is 0 Å². The van der Waals surface area contributed by atoms with Crippen LogP contribution in [0.25, 0.3) is 11.1 Å². The molecule has 1 aliphatic rings. The van der Waals surface area contributed by atoms with Crippen LogP contribution in [0.1, 0.15) is 63.8 Å². The van der Waals surface area contributed by atoms with Gasteiger partial charge in [0.05, 0.1) is 18.6 Å². The first-order valence-electron chi connectivity index (χ1n) is 16.3. The Bertz CT molecular complexity index is 1750. The van der Waals surface area contributed by atoms with E-state index in [0.717, 1.165) is 33.4 Å². The highest BCUT2D eigenvalue weighted by molar-refractivity contribution is 5.89. The zero-order chi connectivity index (χ0) is 35.3. The predicted octanol–water partition coefficient (Wildman–Crippen LogP) is 8.54. The third kappa shape index (κ3) is 6.90. The van der Waals surface area contributed by atoms with Gasteiger partial charge in [-0.05, 0) is 62.1 Å². The SMILES string of the molecule is C=C(C)C(=O)OC(C)Oc1cc(OCC)ccc1C1(c2ccc(OCC)cc2OC(C)OC(=O)C(=C)C)c2ccccc2-c2ccccc21. The minimum atomic E-state index is -1.04. The zero-order valence-electron chi connectivity index (χ0n) is 28.8. The second-order valence-electron chi connectivity index (χ2n) is 11.8. The molecular weight excluding hydrogens is 620 g/mol. The average Bonchev–Trinajstić information content (AvgIpc) is 3.36. The summed E-state index contributed by atoms with van der Waals surface area (Å²) in [5.74, 6) is 0.890. The summed E-state index contributed by atoms with van der Waals surface area (Å²) in [5.41, 5.74) is 4.96. The molecule has 0 heterocycles. The zero-order valence-corrected chi connectivity index (χ0v) is 28.8. The summed E-state index contributed by atoms with van der Waals surface area (Å²) >= 11 is 0. The quantitative estimate of drug-likeness (QED) is 0.0664. The molecule has 2 atom stereocenters. The lowest BCUT2D eigenvalue weighted by Gasteiger charge is -2.37. The molecule has 1 aliphatic carbocycles. The second-order valence-corrected chi connectivity index (χ2v) is 11.8. The van der Waals surface area contributed by atoms with Crippen LogP contribution in [0, 0.1) is 0 Å². The smallest absolute Gasteiger partial charge is 0.336 e. The van der Waals surface area contributed by atoms with Crippen molar-refractivity contribution in [2.75, 3.05) is 13.2 Å². The summed E-state index contributed by atoms with van der Waals surface area (Å²) in [5, 5.41) is 0. The molecule has 0 bridgehead atoms. The van der Waals surface area contributed by atoms with Crippen molar-refractivity contribution in [2.45, 2.75) is 59.5 Å². The first-order valence-corrected chi connectivity index (χ1v) is 16.3. The molecule has 4 aromatic rings. The largest absolute Gasteiger partial charge is 0.494 e. The molecule has 8 nitrogen and oxygen atoms in total. The van der Waals surface area contributed by atoms with Crippen LogP contribution in [0.5, 0.6) is 23.0 Å². The van der Waals surface area contributed by atoms with Crippen LogP contribution in [0.2, 0.25) is 0 Å². The second kappa shape index (κ2) is 14.7. The van der Waals surface area contributed by atoms with Gasteiger partial charge < -0.3 is 28.4 Å². The van der Waals surface area contributed by atoms with E-state index in [2.05, 4.69) is 37.4 Å². The predicted molar refractivity (Wildman–Crippen MR) is 188 cm³/mol. The standard InChI is InChI=1S/C41H42O8/c1-9-44-29-19-21-35(37(23-29)46-27(7)48-39(42)25(3)4)41(33-17-13-11-15-31(33)32-16-12-14-18-34(32)41)36-22-20-30(45-10-2)24-38(36)47-28(8)49-40(43)26(5)6/h11-24,27-28H,3,5,9-10H2,1-2,4,6-8H3. The summed E-state index contributed by atoms with van der Waals surface area (Å²) in [4.78, 5) is 25.0. The number of hydrogen-bond donors (Lipinski definition) is 0. The van der Waals surface area contributed by atoms with E-state index in [1.165, 1.54) is 0 Å². The summed E-state index contributed by atoms with van der Waals surface area (Å²) in [7, 11) is 0. The molecule has 0 amide bonds. The van der Waals surface area contributed by atoms with Crippen LogP contribution in [0.15, 0.2) is 109 Å². The van der Waals surface area contributed by atoms with Gasteiger partial charge in [0.2, 0.25) is 12.6 Å². The topological polar surface area (TPSA) is 89.5 Å². The van der Waals surface area contributed by atoms with Crippen molar-refractivity contribution in [2.24, 2.45) is 0 Å². The van der Waals surface area contributed by atoms with E-state index < -0.39 is 29.9 Å². The lowest BCUT2D eigenvalue weighted by molar-refractivity contribution is -0.157. The summed E-state index contributed by atoms with van der Waals surface area (Å²) in [6.45, 7) is 18.6. The van der Waals surface area contributed by atoms with Gasteiger partial charge in [-0.2, -0.15) is 0 Å². The maximum absolute atomic E-state index is 12.5. The number of fused-ring (bicyclic) bond motifs is 3. The first-order chi connectivity index (χ1) is 23.5. The maximum Gasteiger partial charge on any atom is 0.336 e. The third-order valence-electron chi connectivity index (χ3n) is 8.12. The van der Waals surface area contributed by atoms with E-state index in [9.17, 15) is 9.59 Å². The van der Waals surface area contributed by atoms with Crippen molar-refractivity contribution in [1.29, 1.82) is 0 Å². The van der Waals surface area contributed by atoms with Crippen LogP contribution >= 0.6 is 0 Å². The highest BCUT2D eigenvalue weighted by Gasteiger charge is 2.49. The van der Waals surface area contributed by atoms with E-state index >= 15 is 0 Å². The third-order valence-corrected chi connectivity index (χ3v) is 8.12. The molecule has 0 N–H and O–H groups in total. The maximum atomic E-state index is 12.5. The summed E-state index contributed by atoms with van der Waals surface area (Å²) in [6.07, 6.45) is -1.94. The lowest BCUT2D eigenvalue weighted by Crippen LogP contribution is -2.32. The van der Waals surface area contributed by atoms with Crippen LogP contribution < -0.4 is 18.9 Å². The number of carbonyl (C=O) groups is 2. The fourth-order valence-corrected chi connectivity index (χ4v) is 6.20. The van der Waals surface area contributed by atoms with Gasteiger partial charge in [0.1, 0.15) is 23.0 Å². The Balaban J connectivity index is 1.83. The molecule has 0 aliphatic heterocycles. The number of hydrogen-bond acceptors (Lipinski definition) is 8. The van der Waals surface area contributed by atoms with E-state index in [0.29, 0.717) is 36.2 Å². The van der Waals surface area contributed by atoms with Crippen molar-refractivity contribution in [3.63, 3.8) is 0 Å². The van der Waals surface area contributed by atoms with E-state index in [1.807, 2.05) is 74.5 Å². The number of benzene rings is 4. The highest BCUT2D eigenvalue weighted by Crippen LogP contribution is 2.60. The number of esters is 2. The normalized spacial score (nSPS) is 13.6. The van der Waals surface area contributed by atoms with Gasteiger partial charge in [0.15, 0.2) is 0 Å². The summed E-state index contributed by atoms with van der Waals surface area (Å²) < 4.78 is 36.0. The molecule has 0 saturated carbocycles. The number of carbonyl (C=O) groups excluding carboxylic acids is 2. The number of ether oxygens (including phenoxy) is 6. The number of rotatable bonds is 14. The van der Waals surface area contributed by atoms with Crippen molar-refractivity contribution in [3.8, 4) is 34.1 Å². The van der Waals surface area contributed by atoms with Crippen molar-refractivity contribution in [1.82, 2.24) is 0 Å². The molecule has 5 rings (SSSR count). The monoisotopic (exact) mass is 662 g/mol. The minimum Gasteiger partial charge on any atom is -0.494 e. The molecule has 0 radical (unpaired) electrons. The molecule has 0 aromatic heterocycles. The Morgan fingerprint density at radius 1 is 0.612 bits per heavy atom. The van der Waals surface area contributed by atoms with Gasteiger partial charge in [-0.25, -0.2) is 9.59 Å². The Labute approximate surface area is 287 Å². The van der Waals surface area contributed by atoms with E-state index in [4.69, 9.17) is 28.4 Å². The Hall–Kier alpha value is -5.50. The molecule has 8 heteroatoms. The van der Waals surface area contributed by atoms with Crippen molar-refractivity contribution >= 4 is 11.9 Å². The first kappa shape index (κ1) is 34.8. The van der Waals surface area contributed by atoms with Gasteiger partial charge in [0, 0.05) is 48.3 Å². The molecule has 0 spiro atoms. The van der Waals surface area contributed by atoms with Crippen LogP contribution in [0.3, 0.4) is 0 Å². The minimum absolute atomic E-state index is 0.256.